The Kier molecular flexibility index (Phi) is 14.3. The quantitative estimate of drug-likeness (QED) is 0.321. The Hall–Kier alpha value is -2.04. The van der Waals surface area contributed by atoms with Crippen LogP contribution in [0.15, 0.2) is 29.2 Å². The zero-order valence-corrected chi connectivity index (χ0v) is 29.7. The summed E-state index contributed by atoms with van der Waals surface area (Å²) >= 11 is 5.96. The fourth-order valence-electron chi connectivity index (χ4n) is 5.96. The Labute approximate surface area is 283 Å². The second-order valence-electron chi connectivity index (χ2n) is 13.2. The van der Waals surface area contributed by atoms with E-state index in [9.17, 15) is 33.3 Å². The zero-order chi connectivity index (χ0) is 35.1. The number of halogens is 1. The van der Waals surface area contributed by atoms with Gasteiger partial charge in [0.15, 0.2) is 6.29 Å². The van der Waals surface area contributed by atoms with Crippen LogP contribution in [0.4, 0.5) is 4.79 Å². The van der Waals surface area contributed by atoms with Crippen molar-refractivity contribution < 1.29 is 47.5 Å². The maximum atomic E-state index is 13.4. The van der Waals surface area contributed by atoms with Gasteiger partial charge in [-0.05, 0) is 85.2 Å². The number of carbonyl (C=O) groups excluding carboxylic acids is 2. The largest absolute Gasteiger partial charge is 0.459 e. The maximum absolute atomic E-state index is 13.4. The number of aliphatic hydroxyl groups excluding tert-OH is 2. The van der Waals surface area contributed by atoms with E-state index < -0.39 is 70.8 Å². The van der Waals surface area contributed by atoms with E-state index in [-0.39, 0.29) is 41.5 Å². The minimum absolute atomic E-state index is 0.0198. The third kappa shape index (κ3) is 11.0. The molecule has 0 aliphatic carbocycles. The predicted molar refractivity (Wildman–Crippen MR) is 175 cm³/mol. The van der Waals surface area contributed by atoms with Crippen molar-refractivity contribution in [3.63, 3.8) is 0 Å². The number of esters is 1. The number of hydrogen-bond donors (Lipinski definition) is 4. The van der Waals surface area contributed by atoms with Crippen LogP contribution in [0.5, 0.6) is 0 Å². The molecule has 1 aromatic carbocycles. The van der Waals surface area contributed by atoms with Gasteiger partial charge in [-0.2, -0.15) is 0 Å². The van der Waals surface area contributed by atoms with Gasteiger partial charge in [0.2, 0.25) is 0 Å². The highest BCUT2D eigenvalue weighted by Crippen LogP contribution is 2.29. The number of carbonyl (C=O) groups is 2. The molecule has 0 bridgehead atoms. The number of benzene rings is 1. The molecule has 15 heteroatoms. The molecule has 268 valence electrons. The summed E-state index contributed by atoms with van der Waals surface area (Å²) in [6, 6.07) is 4.67. The molecule has 3 rings (SSSR count). The highest BCUT2D eigenvalue weighted by atomic mass is 35.5. The third-order valence-electron chi connectivity index (χ3n) is 9.15. The Bertz CT molecular complexity index is 1300. The van der Waals surface area contributed by atoms with Crippen molar-refractivity contribution in [1.29, 1.82) is 0 Å². The van der Waals surface area contributed by atoms with Gasteiger partial charge in [0.05, 0.1) is 35.7 Å². The lowest BCUT2D eigenvalue weighted by Crippen LogP contribution is -2.57. The molecule has 0 unspecified atom stereocenters. The lowest BCUT2D eigenvalue weighted by Gasteiger charge is -2.39. The SMILES string of the molecule is CC[C@H]1OC(=O)[C@H](C)[C@@H](O)C[C@@H](O[C@H]2C[C@H](N(C)C)C[C@@H](C)O2)CCCCN(C(=O)NS(=O)(=O)c2cccc(Cl)c2)C[C@@H](O)[C@]1(C)O. The normalized spacial score (nSPS) is 33.9. The minimum atomic E-state index is -4.32. The Morgan fingerprint density at radius 3 is 2.53 bits per heavy atom. The first-order valence-corrected chi connectivity index (χ1v) is 18.1. The number of amides is 2. The first-order chi connectivity index (χ1) is 21.9. The van der Waals surface area contributed by atoms with E-state index in [1.165, 1.54) is 38.1 Å². The van der Waals surface area contributed by atoms with E-state index in [2.05, 4.69) is 4.90 Å². The van der Waals surface area contributed by atoms with Crippen LogP contribution in [0.3, 0.4) is 0 Å². The van der Waals surface area contributed by atoms with Gasteiger partial charge >= 0.3 is 12.0 Å². The highest BCUT2D eigenvalue weighted by molar-refractivity contribution is 7.90. The molecule has 2 fully saturated rings. The van der Waals surface area contributed by atoms with Gasteiger partial charge in [0, 0.05) is 30.5 Å². The predicted octanol–water partition coefficient (Wildman–Crippen LogP) is 2.89. The van der Waals surface area contributed by atoms with E-state index in [0.717, 1.165) is 11.3 Å². The summed E-state index contributed by atoms with van der Waals surface area (Å²) in [5.41, 5.74) is -2.02. The monoisotopic (exact) mass is 705 g/mol. The fraction of sp³-hybridized carbons (Fsp3) is 0.750. The molecule has 2 saturated heterocycles. The summed E-state index contributed by atoms with van der Waals surface area (Å²) in [5, 5.41) is 33.8. The van der Waals surface area contributed by atoms with Crippen LogP contribution < -0.4 is 4.72 Å². The minimum Gasteiger partial charge on any atom is -0.459 e. The standard InChI is InChI=1S/C32H52ClN3O10S/c1-7-28-32(4,41)27(38)19-36(31(40)34-47(42,43)25-13-10-11-22(33)16-25)14-9-8-12-24(18-26(37)21(3)30(39)46-28)45-29-17-23(35(5)6)15-20(2)44-29/h10-11,13,16,20-21,23-24,26-29,37-38,41H,7-9,12,14-15,17-19H2,1-6H3,(H,34,40)/t20-,21-,23-,24+,26+,27-,28-,29+,32+/m1/s1. The van der Waals surface area contributed by atoms with Crippen LogP contribution in [0.2, 0.25) is 5.02 Å². The summed E-state index contributed by atoms with van der Waals surface area (Å²) in [5.74, 6) is -1.73. The molecule has 2 aliphatic rings. The van der Waals surface area contributed by atoms with Gasteiger partial charge in [0.1, 0.15) is 17.8 Å². The van der Waals surface area contributed by atoms with Crippen LogP contribution in [-0.2, 0) is 29.0 Å². The van der Waals surface area contributed by atoms with E-state index in [4.69, 9.17) is 25.8 Å². The van der Waals surface area contributed by atoms with Gasteiger partial charge in [0.25, 0.3) is 10.0 Å². The average molecular weight is 706 g/mol. The average Bonchev–Trinajstić information content (AvgIpc) is 2.99. The number of urea groups is 1. The molecule has 2 aliphatic heterocycles. The first-order valence-electron chi connectivity index (χ1n) is 16.3. The molecule has 4 N–H and O–H groups in total. The molecule has 9 atom stereocenters. The highest BCUT2D eigenvalue weighted by Gasteiger charge is 2.43. The molecule has 2 amide bonds. The number of nitrogens with zero attached hydrogens (tertiary/aromatic N) is 2. The number of β-amino-alcohol motifs (C(OH)–C–C–N with tert-alkyl or cyclic N) is 1. The number of sulfonamides is 1. The van der Waals surface area contributed by atoms with Crippen LogP contribution in [-0.4, -0.2) is 121 Å². The van der Waals surface area contributed by atoms with Crippen molar-refractivity contribution in [2.75, 3.05) is 27.2 Å². The van der Waals surface area contributed by atoms with Crippen molar-refractivity contribution >= 4 is 33.6 Å². The van der Waals surface area contributed by atoms with Crippen molar-refractivity contribution in [3.05, 3.63) is 29.3 Å². The molecule has 1 aromatic rings. The summed E-state index contributed by atoms with van der Waals surface area (Å²) in [4.78, 5) is 29.6. The van der Waals surface area contributed by atoms with Crippen LogP contribution in [0, 0.1) is 5.92 Å². The van der Waals surface area contributed by atoms with E-state index in [1.807, 2.05) is 25.7 Å². The summed E-state index contributed by atoms with van der Waals surface area (Å²) in [7, 11) is -0.321. The van der Waals surface area contributed by atoms with Crippen molar-refractivity contribution in [2.45, 2.75) is 126 Å². The van der Waals surface area contributed by atoms with Crippen molar-refractivity contribution in [3.8, 4) is 0 Å². The Balaban J connectivity index is 1.86. The number of aliphatic hydroxyl groups is 3. The molecule has 0 radical (unpaired) electrons. The number of cyclic esters (lactones) is 1. The molecule has 0 spiro atoms. The van der Waals surface area contributed by atoms with Crippen LogP contribution >= 0.6 is 11.6 Å². The number of rotatable bonds is 6. The smallest absolute Gasteiger partial charge is 0.331 e. The lowest BCUT2D eigenvalue weighted by atomic mass is 9.89. The van der Waals surface area contributed by atoms with E-state index >= 15 is 0 Å². The van der Waals surface area contributed by atoms with Crippen LogP contribution in [0.25, 0.3) is 0 Å². The van der Waals surface area contributed by atoms with Gasteiger partial charge in [-0.3, -0.25) is 4.79 Å². The van der Waals surface area contributed by atoms with Gasteiger partial charge in [-0.1, -0.05) is 24.6 Å². The fourth-order valence-corrected chi connectivity index (χ4v) is 7.23. The number of hydrogen-bond acceptors (Lipinski definition) is 11. The number of ether oxygens (including phenoxy) is 3. The summed E-state index contributed by atoms with van der Waals surface area (Å²) in [6.45, 7) is 6.02. The van der Waals surface area contributed by atoms with E-state index in [1.54, 1.807) is 6.92 Å². The van der Waals surface area contributed by atoms with Crippen molar-refractivity contribution in [1.82, 2.24) is 14.5 Å². The molecular formula is C32H52ClN3O10S. The third-order valence-corrected chi connectivity index (χ3v) is 10.7. The molecule has 2 heterocycles. The summed E-state index contributed by atoms with van der Waals surface area (Å²) in [6.07, 6.45) is -2.03. The second-order valence-corrected chi connectivity index (χ2v) is 15.3. The molecule has 0 aromatic heterocycles. The van der Waals surface area contributed by atoms with E-state index in [0.29, 0.717) is 25.7 Å². The summed E-state index contributed by atoms with van der Waals surface area (Å²) < 4.78 is 46.2. The van der Waals surface area contributed by atoms with Crippen molar-refractivity contribution in [2.24, 2.45) is 5.92 Å². The lowest BCUT2D eigenvalue weighted by molar-refractivity contribution is -0.227. The first kappa shape index (κ1) is 39.4. The Morgan fingerprint density at radius 1 is 1.19 bits per heavy atom. The molecule has 13 nitrogen and oxygen atoms in total. The van der Waals surface area contributed by atoms with Gasteiger partial charge in [-0.25, -0.2) is 17.9 Å². The molecular weight excluding hydrogens is 654 g/mol. The topological polar surface area (TPSA) is 175 Å². The van der Waals surface area contributed by atoms with Gasteiger partial charge < -0.3 is 39.3 Å². The molecule has 0 saturated carbocycles. The number of nitrogens with one attached hydrogen (secondary N) is 1. The van der Waals surface area contributed by atoms with Gasteiger partial charge in [-0.15, -0.1) is 0 Å². The van der Waals surface area contributed by atoms with Crippen LogP contribution in [0.1, 0.15) is 72.6 Å². The zero-order valence-electron chi connectivity index (χ0n) is 28.2. The Morgan fingerprint density at radius 2 is 1.89 bits per heavy atom. The second kappa shape index (κ2) is 17.1. The molecule has 47 heavy (non-hydrogen) atoms. The maximum Gasteiger partial charge on any atom is 0.331 e.